The van der Waals surface area contributed by atoms with Gasteiger partial charge >= 0.3 is 0 Å². The summed E-state index contributed by atoms with van der Waals surface area (Å²) in [5.41, 5.74) is 0.923. The standard InChI is InChI=1S/C14H17N3O2/c1-18-13-4-6-14(7-5-13)19-10-9-15-11-12-3-2-8-16-17-12/h2-8,15H,9-11H2,1H3. The lowest BCUT2D eigenvalue weighted by molar-refractivity contribution is 0.312. The van der Waals surface area contributed by atoms with Crippen LogP contribution in [0.25, 0.3) is 0 Å². The molecule has 1 aromatic heterocycles. The Kier molecular flexibility index (Phi) is 5.13. The van der Waals surface area contributed by atoms with Crippen molar-refractivity contribution in [2.75, 3.05) is 20.3 Å². The molecule has 2 aromatic rings. The Morgan fingerprint density at radius 2 is 1.89 bits per heavy atom. The van der Waals surface area contributed by atoms with E-state index in [1.54, 1.807) is 13.3 Å². The van der Waals surface area contributed by atoms with E-state index in [0.29, 0.717) is 13.2 Å². The minimum atomic E-state index is 0.604. The van der Waals surface area contributed by atoms with Crippen molar-refractivity contribution in [3.8, 4) is 11.5 Å². The highest BCUT2D eigenvalue weighted by molar-refractivity contribution is 5.31. The van der Waals surface area contributed by atoms with E-state index in [1.807, 2.05) is 36.4 Å². The van der Waals surface area contributed by atoms with Crippen molar-refractivity contribution in [3.63, 3.8) is 0 Å². The third-order valence-corrected chi connectivity index (χ3v) is 2.54. The van der Waals surface area contributed by atoms with Crippen molar-refractivity contribution in [3.05, 3.63) is 48.3 Å². The maximum absolute atomic E-state index is 5.59. The average molecular weight is 259 g/mol. The zero-order chi connectivity index (χ0) is 13.3. The molecule has 5 nitrogen and oxygen atoms in total. The van der Waals surface area contributed by atoms with E-state index in [-0.39, 0.29) is 0 Å². The second kappa shape index (κ2) is 7.33. The second-order valence-electron chi connectivity index (χ2n) is 3.92. The first-order valence-corrected chi connectivity index (χ1v) is 6.12. The number of aromatic nitrogens is 2. The van der Waals surface area contributed by atoms with Crippen LogP contribution in [0.15, 0.2) is 42.6 Å². The third-order valence-electron chi connectivity index (χ3n) is 2.54. The predicted octanol–water partition coefficient (Wildman–Crippen LogP) is 1.65. The summed E-state index contributed by atoms with van der Waals surface area (Å²) in [6.45, 7) is 2.05. The molecule has 0 saturated heterocycles. The van der Waals surface area contributed by atoms with Crippen LogP contribution in [0.1, 0.15) is 5.69 Å². The number of benzene rings is 1. The Labute approximate surface area is 112 Å². The summed E-state index contributed by atoms with van der Waals surface area (Å²) in [7, 11) is 1.65. The topological polar surface area (TPSA) is 56.3 Å². The number of methoxy groups -OCH3 is 1. The Morgan fingerprint density at radius 1 is 1.11 bits per heavy atom. The largest absolute Gasteiger partial charge is 0.497 e. The molecular weight excluding hydrogens is 242 g/mol. The highest BCUT2D eigenvalue weighted by Gasteiger charge is 1.96. The number of hydrogen-bond acceptors (Lipinski definition) is 5. The zero-order valence-corrected chi connectivity index (χ0v) is 10.9. The van der Waals surface area contributed by atoms with Crippen molar-refractivity contribution < 1.29 is 9.47 Å². The van der Waals surface area contributed by atoms with E-state index in [0.717, 1.165) is 23.7 Å². The van der Waals surface area contributed by atoms with Gasteiger partial charge < -0.3 is 14.8 Å². The summed E-state index contributed by atoms with van der Waals surface area (Å²) in [4.78, 5) is 0. The summed E-state index contributed by atoms with van der Waals surface area (Å²) in [6, 6.07) is 11.3. The monoisotopic (exact) mass is 259 g/mol. The van der Waals surface area contributed by atoms with E-state index in [9.17, 15) is 0 Å². The van der Waals surface area contributed by atoms with Crippen LogP contribution in [0.4, 0.5) is 0 Å². The molecule has 100 valence electrons. The SMILES string of the molecule is COc1ccc(OCCNCc2cccnn2)cc1. The van der Waals surface area contributed by atoms with Crippen LogP contribution in [-0.4, -0.2) is 30.5 Å². The molecular formula is C14H17N3O2. The average Bonchev–Trinajstić information content (AvgIpc) is 2.49. The van der Waals surface area contributed by atoms with Crippen LogP contribution >= 0.6 is 0 Å². The van der Waals surface area contributed by atoms with Crippen LogP contribution in [0.5, 0.6) is 11.5 Å². The van der Waals surface area contributed by atoms with E-state index in [4.69, 9.17) is 9.47 Å². The minimum absolute atomic E-state index is 0.604. The molecule has 1 N–H and O–H groups in total. The molecule has 0 fully saturated rings. The first-order valence-electron chi connectivity index (χ1n) is 6.12. The first kappa shape index (κ1) is 13.3. The number of nitrogens with zero attached hydrogens (tertiary/aromatic N) is 2. The molecule has 0 saturated carbocycles. The zero-order valence-electron chi connectivity index (χ0n) is 10.9. The van der Waals surface area contributed by atoms with E-state index in [2.05, 4.69) is 15.5 Å². The summed E-state index contributed by atoms with van der Waals surface area (Å²) in [5.74, 6) is 1.66. The van der Waals surface area contributed by atoms with Gasteiger partial charge in [0.15, 0.2) is 0 Å². The number of rotatable bonds is 7. The molecule has 0 aliphatic heterocycles. The normalized spacial score (nSPS) is 10.2. The molecule has 0 spiro atoms. The van der Waals surface area contributed by atoms with Crippen molar-refractivity contribution >= 4 is 0 Å². The molecule has 5 heteroatoms. The minimum Gasteiger partial charge on any atom is -0.497 e. The molecule has 1 aromatic carbocycles. The van der Waals surface area contributed by atoms with E-state index in [1.165, 1.54) is 0 Å². The van der Waals surface area contributed by atoms with Gasteiger partial charge in [-0.05, 0) is 36.4 Å². The molecule has 0 unspecified atom stereocenters. The number of ether oxygens (including phenoxy) is 2. The Balaban J connectivity index is 1.63. The van der Waals surface area contributed by atoms with Crippen LogP contribution in [0.2, 0.25) is 0 Å². The molecule has 0 amide bonds. The van der Waals surface area contributed by atoms with Gasteiger partial charge in [-0.25, -0.2) is 0 Å². The summed E-state index contributed by atoms with van der Waals surface area (Å²) >= 11 is 0. The fraction of sp³-hybridized carbons (Fsp3) is 0.286. The van der Waals surface area contributed by atoms with E-state index < -0.39 is 0 Å². The van der Waals surface area contributed by atoms with E-state index >= 15 is 0 Å². The van der Waals surface area contributed by atoms with Crippen molar-refractivity contribution in [2.24, 2.45) is 0 Å². The van der Waals surface area contributed by atoms with Gasteiger partial charge in [0.25, 0.3) is 0 Å². The van der Waals surface area contributed by atoms with Crippen LogP contribution in [0.3, 0.4) is 0 Å². The molecule has 0 atom stereocenters. The fourth-order valence-corrected chi connectivity index (χ4v) is 1.56. The first-order chi connectivity index (χ1) is 9.38. The van der Waals surface area contributed by atoms with Crippen LogP contribution in [-0.2, 0) is 6.54 Å². The van der Waals surface area contributed by atoms with Gasteiger partial charge in [-0.2, -0.15) is 10.2 Å². The smallest absolute Gasteiger partial charge is 0.119 e. The third kappa shape index (κ3) is 4.56. The van der Waals surface area contributed by atoms with Gasteiger partial charge in [0.05, 0.1) is 12.8 Å². The van der Waals surface area contributed by atoms with Gasteiger partial charge in [0.1, 0.15) is 18.1 Å². The predicted molar refractivity (Wildman–Crippen MR) is 72.2 cm³/mol. The lowest BCUT2D eigenvalue weighted by atomic mass is 10.3. The van der Waals surface area contributed by atoms with Gasteiger partial charge in [-0.15, -0.1) is 0 Å². The Hall–Kier alpha value is -2.14. The number of nitrogens with one attached hydrogen (secondary N) is 1. The summed E-state index contributed by atoms with van der Waals surface area (Å²) in [5, 5.41) is 11.0. The quantitative estimate of drug-likeness (QED) is 0.766. The Bertz CT molecular complexity index is 474. The molecule has 0 radical (unpaired) electrons. The molecule has 0 aliphatic carbocycles. The van der Waals surface area contributed by atoms with Gasteiger partial charge in [-0.1, -0.05) is 0 Å². The van der Waals surface area contributed by atoms with Crippen molar-refractivity contribution in [1.29, 1.82) is 0 Å². The van der Waals surface area contributed by atoms with Crippen molar-refractivity contribution in [2.45, 2.75) is 6.54 Å². The Morgan fingerprint density at radius 3 is 2.58 bits per heavy atom. The van der Waals surface area contributed by atoms with Crippen LogP contribution in [0, 0.1) is 0 Å². The van der Waals surface area contributed by atoms with Crippen LogP contribution < -0.4 is 14.8 Å². The molecule has 0 bridgehead atoms. The molecule has 19 heavy (non-hydrogen) atoms. The molecule has 2 rings (SSSR count). The molecule has 1 heterocycles. The maximum atomic E-state index is 5.59. The number of hydrogen-bond donors (Lipinski definition) is 1. The lowest BCUT2D eigenvalue weighted by Crippen LogP contribution is -2.21. The maximum Gasteiger partial charge on any atom is 0.119 e. The fourth-order valence-electron chi connectivity index (χ4n) is 1.56. The van der Waals surface area contributed by atoms with Crippen molar-refractivity contribution in [1.82, 2.24) is 15.5 Å². The summed E-state index contributed by atoms with van der Waals surface area (Å²) < 4.78 is 10.7. The van der Waals surface area contributed by atoms with Gasteiger partial charge in [-0.3, -0.25) is 0 Å². The van der Waals surface area contributed by atoms with Gasteiger partial charge in [0.2, 0.25) is 0 Å². The highest BCUT2D eigenvalue weighted by atomic mass is 16.5. The van der Waals surface area contributed by atoms with Gasteiger partial charge in [0, 0.05) is 19.3 Å². The highest BCUT2D eigenvalue weighted by Crippen LogP contribution is 2.16. The lowest BCUT2D eigenvalue weighted by Gasteiger charge is -2.07. The summed E-state index contributed by atoms with van der Waals surface area (Å²) in [6.07, 6.45) is 1.66. The second-order valence-corrected chi connectivity index (χ2v) is 3.92. The molecule has 0 aliphatic rings.